The van der Waals surface area contributed by atoms with Crippen molar-refractivity contribution in [3.8, 4) is 5.75 Å². The van der Waals surface area contributed by atoms with Gasteiger partial charge in [-0.15, -0.1) is 0 Å². The van der Waals surface area contributed by atoms with Gasteiger partial charge in [0.1, 0.15) is 35.4 Å². The topological polar surface area (TPSA) is 178 Å². The number of hydrogen-bond donors (Lipinski definition) is 4. The summed E-state index contributed by atoms with van der Waals surface area (Å²) in [5.41, 5.74) is -4.55. The molecule has 1 aliphatic heterocycles. The van der Waals surface area contributed by atoms with Gasteiger partial charge in [0.25, 0.3) is 5.56 Å². The standard InChI is InChI=1S/C21H27FN3O10P/c1-4-32-18(28)12(2)24-36(31,35-14-7-5-13(22)6-8-14)33-11-15-17(27)21(3,30)19(34-15)25-10-9-16(26)23-20(25)29/h5-10,12,15,17,19,27,30H,4,11H2,1-3H3,(H,24,31)(H,23,26,29)/t12?,15-,17-,19-,21-,36?/m1/s1/i9D,10D. The van der Waals surface area contributed by atoms with Crippen LogP contribution in [0.2, 0.25) is 0 Å². The Morgan fingerprint density at radius 2 is 2.08 bits per heavy atom. The molecular formula is C21H27FN3O10P. The van der Waals surface area contributed by atoms with Gasteiger partial charge in [0, 0.05) is 12.2 Å². The van der Waals surface area contributed by atoms with Crippen LogP contribution in [0, 0.1) is 5.82 Å². The summed E-state index contributed by atoms with van der Waals surface area (Å²) in [5.74, 6) is -1.48. The Kier molecular flexibility index (Phi) is 7.60. The molecule has 2 aromatic rings. The molecule has 0 radical (unpaired) electrons. The van der Waals surface area contributed by atoms with Crippen molar-refractivity contribution in [2.24, 2.45) is 0 Å². The molecule has 1 fully saturated rings. The molecule has 1 saturated heterocycles. The Morgan fingerprint density at radius 3 is 2.72 bits per heavy atom. The van der Waals surface area contributed by atoms with Crippen LogP contribution in [0.4, 0.5) is 4.39 Å². The van der Waals surface area contributed by atoms with Crippen LogP contribution in [0.1, 0.15) is 29.7 Å². The SMILES string of the molecule is [2H]c1c([2H])n([C@@H]2O[C@H](COP(=O)(NC(C)C(=O)OCC)Oc3ccc(F)cc3)[C@@H](O)[C@@]2(C)O)c(=O)[nH]c1=O. The Balaban J connectivity index is 1.86. The van der Waals surface area contributed by atoms with Crippen LogP contribution in [0.25, 0.3) is 0 Å². The molecular weight excluding hydrogens is 504 g/mol. The Hall–Kier alpha value is -2.87. The molecule has 0 amide bonds. The monoisotopic (exact) mass is 533 g/mol. The largest absolute Gasteiger partial charge is 0.465 e. The third kappa shape index (κ3) is 6.27. The second-order valence-corrected chi connectivity index (χ2v) is 9.70. The summed E-state index contributed by atoms with van der Waals surface area (Å²) in [6.07, 6.45) is -5.90. The maximum atomic E-state index is 13.5. The van der Waals surface area contributed by atoms with Gasteiger partial charge in [-0.1, -0.05) is 0 Å². The number of aromatic amines is 1. The lowest BCUT2D eigenvalue weighted by Crippen LogP contribution is -2.47. The fourth-order valence-electron chi connectivity index (χ4n) is 3.32. The first-order valence-corrected chi connectivity index (χ1v) is 12.3. The van der Waals surface area contributed by atoms with Gasteiger partial charge >= 0.3 is 19.4 Å². The van der Waals surface area contributed by atoms with E-state index in [1.165, 1.54) is 6.92 Å². The highest BCUT2D eigenvalue weighted by Crippen LogP contribution is 2.46. The van der Waals surface area contributed by atoms with Gasteiger partial charge in [0.2, 0.25) is 0 Å². The molecule has 1 aromatic heterocycles. The number of benzene rings is 1. The minimum atomic E-state index is -4.47. The third-order valence-electron chi connectivity index (χ3n) is 5.16. The number of aliphatic hydroxyl groups is 2. The predicted octanol–water partition coefficient (Wildman–Crippen LogP) is 0.430. The summed E-state index contributed by atoms with van der Waals surface area (Å²) in [6.45, 7) is 3.26. The average Bonchev–Trinajstić information content (AvgIpc) is 3.06. The molecule has 0 aliphatic carbocycles. The second kappa shape index (κ2) is 11.0. The molecule has 6 atom stereocenters. The smallest absolute Gasteiger partial charge is 0.459 e. The van der Waals surface area contributed by atoms with Gasteiger partial charge in [0.05, 0.1) is 16.0 Å². The number of ether oxygens (including phenoxy) is 2. The number of nitrogens with zero attached hydrogens (tertiary/aromatic N) is 1. The molecule has 198 valence electrons. The lowest BCUT2D eigenvalue weighted by Gasteiger charge is -2.27. The second-order valence-electron chi connectivity index (χ2n) is 8.00. The molecule has 1 aliphatic rings. The zero-order valence-corrected chi connectivity index (χ0v) is 20.4. The highest BCUT2D eigenvalue weighted by Gasteiger charge is 2.54. The van der Waals surface area contributed by atoms with E-state index >= 15 is 0 Å². The van der Waals surface area contributed by atoms with Crippen molar-refractivity contribution in [3.05, 3.63) is 63.1 Å². The molecule has 3 rings (SSSR count). The van der Waals surface area contributed by atoms with Crippen LogP contribution in [-0.2, 0) is 23.4 Å². The number of carbonyl (C=O) groups excluding carboxylic acids is 1. The molecule has 2 heterocycles. The number of rotatable bonds is 10. The lowest BCUT2D eigenvalue weighted by atomic mass is 9.96. The van der Waals surface area contributed by atoms with Gasteiger partial charge in [-0.3, -0.25) is 23.7 Å². The average molecular weight is 533 g/mol. The first-order valence-electron chi connectivity index (χ1n) is 11.7. The van der Waals surface area contributed by atoms with E-state index in [4.69, 9.17) is 21.3 Å². The van der Waals surface area contributed by atoms with E-state index in [0.29, 0.717) is 4.57 Å². The van der Waals surface area contributed by atoms with Crippen molar-refractivity contribution >= 4 is 13.7 Å². The van der Waals surface area contributed by atoms with E-state index in [1.54, 1.807) is 6.92 Å². The zero-order chi connectivity index (χ0) is 28.4. The van der Waals surface area contributed by atoms with E-state index in [-0.39, 0.29) is 12.4 Å². The Bertz CT molecular complexity index is 1340. The molecule has 0 saturated carbocycles. The molecule has 36 heavy (non-hydrogen) atoms. The number of H-pyrrole nitrogens is 1. The van der Waals surface area contributed by atoms with Gasteiger partial charge in [-0.2, -0.15) is 5.09 Å². The van der Waals surface area contributed by atoms with E-state index in [1.807, 2.05) is 4.98 Å². The molecule has 0 bridgehead atoms. The Labute approximate surface area is 207 Å². The molecule has 0 spiro atoms. The first kappa shape index (κ1) is 24.8. The molecule has 2 unspecified atom stereocenters. The summed E-state index contributed by atoms with van der Waals surface area (Å²) < 4.78 is 64.1. The third-order valence-corrected chi connectivity index (χ3v) is 6.80. The normalized spacial score (nSPS) is 27.0. The predicted molar refractivity (Wildman–Crippen MR) is 122 cm³/mol. The molecule has 13 nitrogen and oxygen atoms in total. The van der Waals surface area contributed by atoms with Crippen LogP contribution in [0.15, 0.2) is 46.1 Å². The summed E-state index contributed by atoms with van der Waals surface area (Å²) >= 11 is 0. The van der Waals surface area contributed by atoms with Crippen molar-refractivity contribution in [2.75, 3.05) is 13.2 Å². The van der Waals surface area contributed by atoms with E-state index in [0.717, 1.165) is 31.2 Å². The van der Waals surface area contributed by atoms with E-state index < -0.39 is 79.7 Å². The van der Waals surface area contributed by atoms with Crippen LogP contribution < -0.4 is 20.9 Å². The van der Waals surface area contributed by atoms with E-state index in [2.05, 4.69) is 5.09 Å². The van der Waals surface area contributed by atoms with Gasteiger partial charge in [-0.25, -0.2) is 13.8 Å². The van der Waals surface area contributed by atoms with Crippen LogP contribution >= 0.6 is 7.75 Å². The lowest BCUT2D eigenvalue weighted by molar-refractivity contribution is -0.144. The first-order chi connectivity index (χ1) is 17.7. The van der Waals surface area contributed by atoms with Crippen LogP contribution in [-0.4, -0.2) is 62.8 Å². The van der Waals surface area contributed by atoms with Crippen molar-refractivity contribution in [2.45, 2.75) is 50.8 Å². The number of halogens is 1. The highest BCUT2D eigenvalue weighted by atomic mass is 31.2. The number of esters is 1. The highest BCUT2D eigenvalue weighted by molar-refractivity contribution is 7.52. The number of aliphatic hydroxyl groups excluding tert-OH is 1. The van der Waals surface area contributed by atoms with Gasteiger partial charge < -0.3 is 24.2 Å². The molecule has 4 N–H and O–H groups in total. The van der Waals surface area contributed by atoms with Gasteiger partial charge in [0.15, 0.2) is 6.23 Å². The minimum absolute atomic E-state index is 0.0373. The fourth-order valence-corrected chi connectivity index (χ4v) is 4.82. The number of aromatic nitrogens is 2. The summed E-state index contributed by atoms with van der Waals surface area (Å²) in [7, 11) is -4.47. The summed E-state index contributed by atoms with van der Waals surface area (Å²) in [6, 6.07) is 2.28. The van der Waals surface area contributed by atoms with Crippen LogP contribution in [0.3, 0.4) is 0 Å². The quantitative estimate of drug-likeness (QED) is 0.246. The van der Waals surface area contributed by atoms with Crippen molar-refractivity contribution in [1.82, 2.24) is 14.6 Å². The summed E-state index contributed by atoms with van der Waals surface area (Å²) in [4.78, 5) is 37.9. The van der Waals surface area contributed by atoms with Crippen molar-refractivity contribution in [1.29, 1.82) is 0 Å². The molecule has 15 heteroatoms. The number of nitrogens with one attached hydrogen (secondary N) is 2. The summed E-state index contributed by atoms with van der Waals surface area (Å²) in [5, 5.41) is 23.9. The minimum Gasteiger partial charge on any atom is -0.465 e. The Morgan fingerprint density at radius 1 is 1.42 bits per heavy atom. The van der Waals surface area contributed by atoms with Gasteiger partial charge in [-0.05, 0) is 45.0 Å². The van der Waals surface area contributed by atoms with Crippen molar-refractivity contribution in [3.63, 3.8) is 0 Å². The number of carbonyl (C=O) groups is 1. The fraction of sp³-hybridized carbons (Fsp3) is 0.476. The zero-order valence-electron chi connectivity index (χ0n) is 21.5. The maximum absolute atomic E-state index is 13.5. The molecule has 1 aromatic carbocycles. The maximum Gasteiger partial charge on any atom is 0.459 e. The van der Waals surface area contributed by atoms with E-state index in [9.17, 15) is 33.6 Å². The van der Waals surface area contributed by atoms with Crippen LogP contribution in [0.5, 0.6) is 5.75 Å². The van der Waals surface area contributed by atoms with Crippen molar-refractivity contribution < 1.29 is 45.2 Å². The number of hydrogen-bond acceptors (Lipinski definition) is 10.